The molecule has 2 N–H and O–H groups in total. The minimum Gasteiger partial charge on any atom is -0.348 e. The summed E-state index contributed by atoms with van der Waals surface area (Å²) < 4.78 is 1.62. The third-order valence-electron chi connectivity index (χ3n) is 3.32. The van der Waals surface area contributed by atoms with Crippen LogP contribution in [0.2, 0.25) is 0 Å². The highest BCUT2D eigenvalue weighted by atomic mass is 16.1. The molecule has 1 aromatic carbocycles. The Morgan fingerprint density at radius 2 is 2.26 bits per heavy atom. The average molecular weight is 256 g/mol. The summed E-state index contributed by atoms with van der Waals surface area (Å²) in [5.41, 5.74) is 4.39. The molecule has 0 fully saturated rings. The van der Waals surface area contributed by atoms with E-state index in [9.17, 15) is 4.79 Å². The van der Waals surface area contributed by atoms with Gasteiger partial charge in [0.15, 0.2) is 0 Å². The Kier molecular flexibility index (Phi) is 3.05. The van der Waals surface area contributed by atoms with Crippen LogP contribution in [0.5, 0.6) is 0 Å². The van der Waals surface area contributed by atoms with Gasteiger partial charge in [-0.25, -0.2) is 0 Å². The second kappa shape index (κ2) is 4.85. The van der Waals surface area contributed by atoms with Crippen LogP contribution in [0.1, 0.15) is 27.0 Å². The lowest BCUT2D eigenvalue weighted by molar-refractivity contribution is 0.0951. The Morgan fingerprint density at radius 3 is 3.05 bits per heavy atom. The summed E-state index contributed by atoms with van der Waals surface area (Å²) in [4.78, 5) is 11.9. The van der Waals surface area contributed by atoms with Crippen LogP contribution >= 0.6 is 0 Å². The van der Waals surface area contributed by atoms with Gasteiger partial charge in [-0.3, -0.25) is 9.48 Å². The fourth-order valence-corrected chi connectivity index (χ4v) is 2.28. The molecule has 3 rings (SSSR count). The minimum atomic E-state index is -0.0910. The van der Waals surface area contributed by atoms with Crippen LogP contribution in [-0.2, 0) is 26.7 Å². The lowest BCUT2D eigenvalue weighted by Crippen LogP contribution is -2.22. The Bertz CT molecular complexity index is 618. The van der Waals surface area contributed by atoms with Crippen molar-refractivity contribution in [2.24, 2.45) is 7.05 Å². The molecule has 1 aliphatic heterocycles. The lowest BCUT2D eigenvalue weighted by Gasteiger charge is -2.06. The van der Waals surface area contributed by atoms with Crippen molar-refractivity contribution in [1.82, 2.24) is 20.4 Å². The zero-order valence-electron chi connectivity index (χ0n) is 10.8. The molecule has 2 aromatic rings. The fraction of sp³-hybridized carbons (Fsp3) is 0.286. The van der Waals surface area contributed by atoms with E-state index in [1.807, 2.05) is 0 Å². The molecule has 98 valence electrons. The predicted octanol–water partition coefficient (Wildman–Crippen LogP) is 0.953. The highest BCUT2D eigenvalue weighted by molar-refractivity contribution is 5.93. The maximum absolute atomic E-state index is 11.9. The summed E-state index contributed by atoms with van der Waals surface area (Å²) in [5.74, 6) is -0.0910. The first kappa shape index (κ1) is 11.9. The Labute approximate surface area is 111 Å². The topological polar surface area (TPSA) is 59.0 Å². The molecule has 0 bridgehead atoms. The number of aromatic nitrogens is 2. The van der Waals surface area contributed by atoms with Crippen molar-refractivity contribution >= 4 is 5.91 Å². The number of fused-ring (bicyclic) bond motifs is 1. The first-order valence-electron chi connectivity index (χ1n) is 6.30. The van der Waals surface area contributed by atoms with E-state index in [-0.39, 0.29) is 5.91 Å². The van der Waals surface area contributed by atoms with E-state index in [2.05, 4.69) is 33.9 Å². The third kappa shape index (κ3) is 2.51. The van der Waals surface area contributed by atoms with Gasteiger partial charge in [0.2, 0.25) is 0 Å². The van der Waals surface area contributed by atoms with E-state index in [1.54, 1.807) is 24.1 Å². The van der Waals surface area contributed by atoms with Gasteiger partial charge < -0.3 is 10.6 Å². The quantitative estimate of drug-likeness (QED) is 0.859. The number of nitrogens with zero attached hydrogens (tertiary/aromatic N) is 2. The van der Waals surface area contributed by atoms with Crippen LogP contribution in [0, 0.1) is 0 Å². The summed E-state index contributed by atoms with van der Waals surface area (Å²) in [7, 11) is 1.80. The lowest BCUT2D eigenvalue weighted by atomic mass is 10.1. The van der Waals surface area contributed by atoms with Crippen LogP contribution in [-0.4, -0.2) is 15.7 Å². The van der Waals surface area contributed by atoms with Gasteiger partial charge in [-0.2, -0.15) is 5.10 Å². The second-order valence-electron chi connectivity index (χ2n) is 4.79. The number of aryl methyl sites for hydroxylation is 1. The molecule has 1 aromatic heterocycles. The van der Waals surface area contributed by atoms with Gasteiger partial charge in [-0.05, 0) is 16.7 Å². The molecular formula is C14H16N4O. The van der Waals surface area contributed by atoms with Crippen LogP contribution in [0.25, 0.3) is 0 Å². The molecular weight excluding hydrogens is 240 g/mol. The number of carbonyl (C=O) groups is 1. The predicted molar refractivity (Wildman–Crippen MR) is 71.4 cm³/mol. The van der Waals surface area contributed by atoms with Crippen LogP contribution in [0.3, 0.4) is 0 Å². The molecule has 1 amide bonds. The van der Waals surface area contributed by atoms with Crippen molar-refractivity contribution in [2.75, 3.05) is 0 Å². The average Bonchev–Trinajstić information content (AvgIpc) is 3.03. The molecule has 0 saturated carbocycles. The SMILES string of the molecule is Cn1cc(C(=O)NCc2ccc3c(c2)CNC3)cn1. The maximum atomic E-state index is 11.9. The highest BCUT2D eigenvalue weighted by Crippen LogP contribution is 2.16. The van der Waals surface area contributed by atoms with Gasteiger partial charge >= 0.3 is 0 Å². The number of amides is 1. The van der Waals surface area contributed by atoms with Gasteiger partial charge in [-0.15, -0.1) is 0 Å². The van der Waals surface area contributed by atoms with E-state index in [0.717, 1.165) is 18.7 Å². The molecule has 5 nitrogen and oxygen atoms in total. The number of hydrogen-bond donors (Lipinski definition) is 2. The molecule has 0 saturated heterocycles. The number of rotatable bonds is 3. The van der Waals surface area contributed by atoms with E-state index >= 15 is 0 Å². The number of hydrogen-bond acceptors (Lipinski definition) is 3. The Balaban J connectivity index is 1.64. The zero-order valence-corrected chi connectivity index (χ0v) is 10.8. The summed E-state index contributed by atoms with van der Waals surface area (Å²) in [6, 6.07) is 6.34. The minimum absolute atomic E-state index is 0.0910. The molecule has 0 aliphatic carbocycles. The molecule has 0 unspecified atom stereocenters. The fourth-order valence-electron chi connectivity index (χ4n) is 2.28. The molecule has 19 heavy (non-hydrogen) atoms. The first-order valence-corrected chi connectivity index (χ1v) is 6.30. The van der Waals surface area contributed by atoms with Crippen molar-refractivity contribution in [3.63, 3.8) is 0 Å². The van der Waals surface area contributed by atoms with Gasteiger partial charge in [-0.1, -0.05) is 18.2 Å². The smallest absolute Gasteiger partial charge is 0.254 e. The maximum Gasteiger partial charge on any atom is 0.254 e. The first-order chi connectivity index (χ1) is 9.22. The van der Waals surface area contributed by atoms with Crippen molar-refractivity contribution in [2.45, 2.75) is 19.6 Å². The summed E-state index contributed by atoms with van der Waals surface area (Å²) in [6.07, 6.45) is 3.28. The molecule has 0 radical (unpaired) electrons. The van der Waals surface area contributed by atoms with Gasteiger partial charge in [0.25, 0.3) is 5.91 Å². The Morgan fingerprint density at radius 1 is 1.42 bits per heavy atom. The number of nitrogens with one attached hydrogen (secondary N) is 2. The van der Waals surface area contributed by atoms with E-state index in [1.165, 1.54) is 11.1 Å². The van der Waals surface area contributed by atoms with Gasteiger partial charge in [0.05, 0.1) is 11.8 Å². The largest absolute Gasteiger partial charge is 0.348 e. The molecule has 2 heterocycles. The van der Waals surface area contributed by atoms with E-state index in [4.69, 9.17) is 0 Å². The molecule has 5 heteroatoms. The number of benzene rings is 1. The summed E-state index contributed by atoms with van der Waals surface area (Å²) in [6.45, 7) is 2.40. The van der Waals surface area contributed by atoms with Crippen molar-refractivity contribution < 1.29 is 4.79 Å². The van der Waals surface area contributed by atoms with Crippen LogP contribution < -0.4 is 10.6 Å². The van der Waals surface area contributed by atoms with Crippen molar-refractivity contribution in [3.05, 3.63) is 52.8 Å². The molecule has 0 spiro atoms. The van der Waals surface area contributed by atoms with E-state index in [0.29, 0.717) is 12.1 Å². The van der Waals surface area contributed by atoms with Crippen molar-refractivity contribution in [3.8, 4) is 0 Å². The monoisotopic (exact) mass is 256 g/mol. The highest BCUT2D eigenvalue weighted by Gasteiger charge is 2.11. The van der Waals surface area contributed by atoms with Crippen LogP contribution in [0.15, 0.2) is 30.6 Å². The van der Waals surface area contributed by atoms with Crippen molar-refractivity contribution in [1.29, 1.82) is 0 Å². The number of carbonyl (C=O) groups excluding carboxylic acids is 1. The van der Waals surface area contributed by atoms with Crippen LogP contribution in [0.4, 0.5) is 0 Å². The zero-order chi connectivity index (χ0) is 13.2. The second-order valence-corrected chi connectivity index (χ2v) is 4.79. The molecule has 1 aliphatic rings. The standard InChI is InChI=1S/C14H16N4O/c1-18-9-13(8-17-18)14(19)16-5-10-2-3-11-6-15-7-12(11)4-10/h2-4,8-9,15H,5-7H2,1H3,(H,16,19). The van der Waals surface area contributed by atoms with Gasteiger partial charge in [0.1, 0.15) is 0 Å². The van der Waals surface area contributed by atoms with Gasteiger partial charge in [0, 0.05) is 32.9 Å². The van der Waals surface area contributed by atoms with E-state index < -0.39 is 0 Å². The molecule has 0 atom stereocenters. The summed E-state index contributed by atoms with van der Waals surface area (Å²) in [5, 5.41) is 10.2. The summed E-state index contributed by atoms with van der Waals surface area (Å²) >= 11 is 0. The normalized spacial score (nSPS) is 13.3. The Hall–Kier alpha value is -2.14. The third-order valence-corrected chi connectivity index (χ3v) is 3.32.